The van der Waals surface area contributed by atoms with E-state index in [0.717, 1.165) is 57.5 Å². The molecule has 31 heavy (non-hydrogen) atoms. The van der Waals surface area contributed by atoms with Gasteiger partial charge in [-0.25, -0.2) is 9.18 Å². The predicted octanol–water partition coefficient (Wildman–Crippen LogP) is 3.86. The quantitative estimate of drug-likeness (QED) is 0.601. The molecule has 1 N–H and O–H groups in total. The van der Waals surface area contributed by atoms with Crippen LogP contribution in [0, 0.1) is 5.82 Å². The molecule has 0 aromatic heterocycles. The second kappa shape index (κ2) is 12.0. The maximum absolute atomic E-state index is 13.2. The summed E-state index contributed by atoms with van der Waals surface area (Å²) in [6.07, 6.45) is 3.84. The zero-order valence-electron chi connectivity index (χ0n) is 19.6. The van der Waals surface area contributed by atoms with E-state index < -0.39 is 0 Å². The zero-order chi connectivity index (χ0) is 22.9. The van der Waals surface area contributed by atoms with Gasteiger partial charge in [-0.05, 0) is 44.9 Å². The Morgan fingerprint density at radius 1 is 1.06 bits per heavy atom. The number of nitrogens with zero attached hydrogens (tertiary/aromatic N) is 3. The molecule has 1 aliphatic heterocycles. The number of benzene rings is 1. The molecule has 6 nitrogen and oxygen atoms in total. The van der Waals surface area contributed by atoms with Crippen molar-refractivity contribution in [1.29, 1.82) is 0 Å². The van der Waals surface area contributed by atoms with Crippen LogP contribution in [-0.4, -0.2) is 71.4 Å². The molecule has 1 heterocycles. The van der Waals surface area contributed by atoms with Gasteiger partial charge in [-0.15, -0.1) is 0 Å². The third-order valence-corrected chi connectivity index (χ3v) is 5.46. The fourth-order valence-electron chi connectivity index (χ4n) is 3.63. The highest BCUT2D eigenvalue weighted by Gasteiger charge is 2.23. The minimum absolute atomic E-state index is 0.124. The first kappa shape index (κ1) is 25.1. The van der Waals surface area contributed by atoms with Crippen molar-refractivity contribution in [2.45, 2.75) is 65.5 Å². The maximum atomic E-state index is 13.2. The van der Waals surface area contributed by atoms with Gasteiger partial charge >= 0.3 is 6.03 Å². The third-order valence-electron chi connectivity index (χ3n) is 5.46. The number of hydrogen-bond donors (Lipinski definition) is 1. The number of nitrogens with one attached hydrogen (secondary N) is 1. The number of unbranched alkanes of at least 4 members (excludes halogenated alkanes) is 2. The summed E-state index contributed by atoms with van der Waals surface area (Å²) in [7, 11) is 0. The van der Waals surface area contributed by atoms with Crippen LogP contribution in [-0.2, 0) is 11.3 Å². The lowest BCUT2D eigenvalue weighted by Crippen LogP contribution is -2.52. The summed E-state index contributed by atoms with van der Waals surface area (Å²) >= 11 is 0. The van der Waals surface area contributed by atoms with Crippen molar-refractivity contribution in [3.05, 3.63) is 35.6 Å². The van der Waals surface area contributed by atoms with E-state index in [9.17, 15) is 14.0 Å². The third kappa shape index (κ3) is 9.25. The Labute approximate surface area is 186 Å². The topological polar surface area (TPSA) is 55.9 Å². The fraction of sp³-hybridized carbons (Fsp3) is 0.667. The highest BCUT2D eigenvalue weighted by Crippen LogP contribution is 2.11. The number of halogens is 1. The van der Waals surface area contributed by atoms with Gasteiger partial charge in [0, 0.05) is 57.8 Å². The van der Waals surface area contributed by atoms with Gasteiger partial charge in [0.25, 0.3) is 0 Å². The number of piperazine rings is 1. The number of hydrogen-bond acceptors (Lipinski definition) is 3. The van der Waals surface area contributed by atoms with Crippen LogP contribution in [0.1, 0.15) is 58.9 Å². The van der Waals surface area contributed by atoms with Crippen molar-refractivity contribution in [1.82, 2.24) is 20.0 Å². The van der Waals surface area contributed by atoms with E-state index in [4.69, 9.17) is 0 Å². The van der Waals surface area contributed by atoms with Gasteiger partial charge in [0.1, 0.15) is 5.82 Å². The standard InChI is InChI=1S/C24H39FN4O2/c1-5-6-7-8-22(30)28-16-13-27(14-17-28)15-18-29(23(31)26-24(2,3)4)19-20-9-11-21(25)12-10-20/h9-12H,5-8,13-19H2,1-4H3,(H,26,31). The summed E-state index contributed by atoms with van der Waals surface area (Å²) < 4.78 is 13.2. The molecule has 1 aromatic rings. The number of carbonyl (C=O) groups excluding carboxylic acids is 2. The normalized spacial score (nSPS) is 15.1. The van der Waals surface area contributed by atoms with Crippen LogP contribution in [0.25, 0.3) is 0 Å². The van der Waals surface area contributed by atoms with Gasteiger partial charge in [-0.2, -0.15) is 0 Å². The number of carbonyl (C=O) groups is 2. The van der Waals surface area contributed by atoms with Crippen molar-refractivity contribution in [3.8, 4) is 0 Å². The second-order valence-corrected chi connectivity index (χ2v) is 9.41. The summed E-state index contributed by atoms with van der Waals surface area (Å²) in [5.74, 6) is -0.0212. The lowest BCUT2D eigenvalue weighted by molar-refractivity contribution is -0.133. The van der Waals surface area contributed by atoms with Crippen LogP contribution in [0.4, 0.5) is 9.18 Å². The average Bonchev–Trinajstić information content (AvgIpc) is 2.71. The van der Waals surface area contributed by atoms with Gasteiger partial charge < -0.3 is 15.1 Å². The molecule has 3 amide bonds. The molecule has 7 heteroatoms. The van der Waals surface area contributed by atoms with Crippen LogP contribution < -0.4 is 5.32 Å². The van der Waals surface area contributed by atoms with E-state index in [2.05, 4.69) is 17.1 Å². The molecule has 0 saturated carbocycles. The van der Waals surface area contributed by atoms with Crippen molar-refractivity contribution < 1.29 is 14.0 Å². The fourth-order valence-corrected chi connectivity index (χ4v) is 3.63. The van der Waals surface area contributed by atoms with Crippen molar-refractivity contribution in [2.75, 3.05) is 39.3 Å². The second-order valence-electron chi connectivity index (χ2n) is 9.41. The highest BCUT2D eigenvalue weighted by molar-refractivity contribution is 5.76. The van der Waals surface area contributed by atoms with E-state index in [1.807, 2.05) is 25.7 Å². The summed E-state index contributed by atoms with van der Waals surface area (Å²) in [5.41, 5.74) is 0.565. The number of urea groups is 1. The Bertz CT molecular complexity index is 695. The number of rotatable bonds is 9. The number of amides is 3. The van der Waals surface area contributed by atoms with Gasteiger partial charge in [0.15, 0.2) is 0 Å². The van der Waals surface area contributed by atoms with Gasteiger partial charge in [0.2, 0.25) is 5.91 Å². The van der Waals surface area contributed by atoms with Gasteiger partial charge in [0.05, 0.1) is 0 Å². The SMILES string of the molecule is CCCCCC(=O)N1CCN(CCN(Cc2ccc(F)cc2)C(=O)NC(C)(C)C)CC1. The Kier molecular flexibility index (Phi) is 9.75. The molecule has 174 valence electrons. The van der Waals surface area contributed by atoms with E-state index in [0.29, 0.717) is 19.5 Å². The molecule has 0 atom stereocenters. The molecule has 2 rings (SSSR count). The van der Waals surface area contributed by atoms with Crippen LogP contribution in [0.15, 0.2) is 24.3 Å². The zero-order valence-corrected chi connectivity index (χ0v) is 19.6. The van der Waals surface area contributed by atoms with Crippen molar-refractivity contribution in [3.63, 3.8) is 0 Å². The molecule has 0 radical (unpaired) electrons. The predicted molar refractivity (Wildman–Crippen MR) is 122 cm³/mol. The molecule has 1 aliphatic rings. The molecular weight excluding hydrogens is 395 g/mol. The van der Waals surface area contributed by atoms with Gasteiger partial charge in [-0.3, -0.25) is 9.69 Å². The Balaban J connectivity index is 1.87. The Morgan fingerprint density at radius 3 is 2.29 bits per heavy atom. The molecular formula is C24H39FN4O2. The monoisotopic (exact) mass is 434 g/mol. The van der Waals surface area contributed by atoms with Crippen LogP contribution in [0.2, 0.25) is 0 Å². The Hall–Kier alpha value is -2.15. The van der Waals surface area contributed by atoms with Crippen molar-refractivity contribution >= 4 is 11.9 Å². The average molecular weight is 435 g/mol. The minimum atomic E-state index is -0.331. The maximum Gasteiger partial charge on any atom is 0.318 e. The first-order valence-electron chi connectivity index (χ1n) is 11.5. The smallest absolute Gasteiger partial charge is 0.318 e. The first-order valence-corrected chi connectivity index (χ1v) is 11.5. The Morgan fingerprint density at radius 2 is 1.71 bits per heavy atom. The molecule has 1 aromatic carbocycles. The summed E-state index contributed by atoms with van der Waals surface area (Å²) in [6.45, 7) is 12.9. The van der Waals surface area contributed by atoms with Crippen LogP contribution in [0.5, 0.6) is 0 Å². The van der Waals surface area contributed by atoms with Crippen LogP contribution >= 0.6 is 0 Å². The van der Waals surface area contributed by atoms with E-state index in [1.165, 1.54) is 12.1 Å². The van der Waals surface area contributed by atoms with Crippen LogP contribution in [0.3, 0.4) is 0 Å². The van der Waals surface area contributed by atoms with Gasteiger partial charge in [-0.1, -0.05) is 31.9 Å². The summed E-state index contributed by atoms with van der Waals surface area (Å²) in [5, 5.41) is 3.03. The van der Waals surface area contributed by atoms with Crippen molar-refractivity contribution in [2.24, 2.45) is 0 Å². The van der Waals surface area contributed by atoms with E-state index >= 15 is 0 Å². The molecule has 0 spiro atoms. The largest absolute Gasteiger partial charge is 0.340 e. The molecule has 0 aliphatic carbocycles. The summed E-state index contributed by atoms with van der Waals surface area (Å²) in [6, 6.07) is 6.16. The first-order chi connectivity index (χ1) is 14.7. The molecule has 1 saturated heterocycles. The molecule has 0 unspecified atom stereocenters. The lowest BCUT2D eigenvalue weighted by Gasteiger charge is -2.36. The highest BCUT2D eigenvalue weighted by atomic mass is 19.1. The lowest BCUT2D eigenvalue weighted by atomic mass is 10.1. The molecule has 0 bridgehead atoms. The molecule has 1 fully saturated rings. The summed E-state index contributed by atoms with van der Waals surface area (Å²) in [4.78, 5) is 31.2. The van der Waals surface area contributed by atoms with E-state index in [-0.39, 0.29) is 23.3 Å². The van der Waals surface area contributed by atoms with E-state index in [1.54, 1.807) is 17.0 Å². The minimum Gasteiger partial charge on any atom is -0.340 e.